The quantitative estimate of drug-likeness (QED) is 0.0955. The van der Waals surface area contributed by atoms with E-state index in [2.05, 4.69) is 74.5 Å². The molecule has 0 amide bonds. The van der Waals surface area contributed by atoms with Crippen LogP contribution >= 0.6 is 0 Å². The molecule has 1 N–H and O–H groups in total. The average molecular weight is 843 g/mol. The summed E-state index contributed by atoms with van der Waals surface area (Å²) >= 11 is 0. The second-order valence-electron chi connectivity index (χ2n) is 18.3. The van der Waals surface area contributed by atoms with Crippen molar-refractivity contribution in [3.05, 3.63) is 95.4 Å². The fraction of sp³-hybridized carbons (Fsp3) is 0.608. The van der Waals surface area contributed by atoms with Crippen molar-refractivity contribution in [2.75, 3.05) is 13.7 Å². The maximum Gasteiger partial charge on any atom is 2.00 e. The Bertz CT molecular complexity index is 2170. The van der Waals surface area contributed by atoms with E-state index in [0.717, 1.165) is 82.7 Å². The molecule has 8 bridgehead atoms. The van der Waals surface area contributed by atoms with E-state index in [1.165, 1.54) is 50.4 Å². The van der Waals surface area contributed by atoms with Gasteiger partial charge in [-0.15, -0.1) is 27.8 Å². The van der Waals surface area contributed by atoms with Crippen molar-refractivity contribution in [2.24, 2.45) is 35.5 Å². The molecule has 61 heavy (non-hydrogen) atoms. The standard InChI is InChI=1S/C51H70N4O5.Mg/c1-12-28(4)17-15-18-29(5)19-16-20-30(6)23-24-60-44(56)22-21-37-33(9)40-25-38-31(7)35(13-2)42(52-38)26-39-32(8)36(14-3)43(53-39)27-41-34(10)45-49(55-41)46(48(37)54-40)47(50(45)57)51(58)59-11;/h23,25-29,33,35,37,47-48,50,57H,12-22,24H2,1-11H3;/q-4;+2/b30-23-,40-25-,41-27-,42-26-;/t28-,29+,33+,35-,37+,47-,48?,50+;/m1./s1. The number of rotatable bonds is 17. The minimum atomic E-state index is -1.14. The van der Waals surface area contributed by atoms with Crippen LogP contribution in [0, 0.1) is 49.4 Å². The van der Waals surface area contributed by atoms with Gasteiger partial charge >= 0.3 is 35.0 Å². The van der Waals surface area contributed by atoms with Crippen LogP contribution in [0.2, 0.25) is 0 Å². The molecule has 328 valence electrons. The first-order valence-corrected chi connectivity index (χ1v) is 22.9. The summed E-state index contributed by atoms with van der Waals surface area (Å²) in [5, 5.41) is 23.9. The zero-order valence-corrected chi connectivity index (χ0v) is 40.4. The van der Waals surface area contributed by atoms with Gasteiger partial charge in [-0.1, -0.05) is 131 Å². The second-order valence-corrected chi connectivity index (χ2v) is 18.3. The summed E-state index contributed by atoms with van der Waals surface area (Å²) in [5.41, 5.74) is 11.3. The van der Waals surface area contributed by atoms with Gasteiger partial charge in [0, 0.05) is 6.42 Å². The van der Waals surface area contributed by atoms with Crippen LogP contribution in [0.1, 0.15) is 159 Å². The van der Waals surface area contributed by atoms with E-state index in [9.17, 15) is 14.7 Å². The van der Waals surface area contributed by atoms with Crippen molar-refractivity contribution >= 4 is 52.7 Å². The van der Waals surface area contributed by atoms with Crippen LogP contribution in [0.3, 0.4) is 0 Å². The monoisotopic (exact) mass is 843 g/mol. The van der Waals surface area contributed by atoms with Crippen molar-refractivity contribution in [2.45, 2.75) is 152 Å². The molecule has 1 saturated heterocycles. The minimum absolute atomic E-state index is 0. The fourth-order valence-electron chi connectivity index (χ4n) is 10.1. The van der Waals surface area contributed by atoms with E-state index in [1.54, 1.807) is 0 Å². The second kappa shape index (κ2) is 21.3. The molecule has 3 aliphatic heterocycles. The van der Waals surface area contributed by atoms with Crippen LogP contribution in [0.5, 0.6) is 0 Å². The number of ether oxygens (including phenoxy) is 2. The molecule has 1 aliphatic carbocycles. The zero-order valence-electron chi connectivity index (χ0n) is 39.0. The maximum atomic E-state index is 13.6. The Morgan fingerprint density at radius 2 is 1.64 bits per heavy atom. The summed E-state index contributed by atoms with van der Waals surface area (Å²) in [5.74, 6) is -0.304. The molecule has 2 aromatic heterocycles. The number of hydrogen-bond acceptors (Lipinski definition) is 5. The van der Waals surface area contributed by atoms with Crippen LogP contribution < -0.4 is 20.7 Å². The van der Waals surface area contributed by atoms with Gasteiger partial charge < -0.3 is 35.2 Å². The summed E-state index contributed by atoms with van der Waals surface area (Å²) in [4.78, 5) is 37.3. The minimum Gasteiger partial charge on any atom is -0.681 e. The van der Waals surface area contributed by atoms with Crippen LogP contribution in [-0.4, -0.2) is 59.9 Å². The van der Waals surface area contributed by atoms with Crippen molar-refractivity contribution in [3.8, 4) is 0 Å². The van der Waals surface area contributed by atoms with Gasteiger partial charge in [0.2, 0.25) is 0 Å². The number of methoxy groups -OCH3 is 1. The third kappa shape index (κ3) is 10.3. The Hall–Kier alpha value is -3.47. The molecule has 0 radical (unpaired) electrons. The van der Waals surface area contributed by atoms with Crippen molar-refractivity contribution < 1.29 is 24.2 Å². The average Bonchev–Trinajstić information content (AvgIpc) is 3.97. The summed E-state index contributed by atoms with van der Waals surface area (Å²) in [7, 11) is 1.35. The predicted molar refractivity (Wildman–Crippen MR) is 247 cm³/mol. The van der Waals surface area contributed by atoms with E-state index in [1.807, 2.05) is 19.1 Å². The molecule has 0 aromatic carbocycles. The molecule has 0 spiro atoms. The first-order chi connectivity index (χ1) is 28.7. The molecule has 10 heteroatoms. The number of carbonyl (C=O) groups excluding carboxylic acids is 2. The van der Waals surface area contributed by atoms with Gasteiger partial charge in [-0.2, -0.15) is 11.4 Å². The van der Waals surface area contributed by atoms with Gasteiger partial charge in [0.25, 0.3) is 0 Å². The Morgan fingerprint density at radius 1 is 0.918 bits per heavy atom. The molecular weight excluding hydrogens is 773 g/mol. The predicted octanol–water partition coefficient (Wildman–Crippen LogP) is 9.44. The first-order valence-electron chi connectivity index (χ1n) is 22.9. The van der Waals surface area contributed by atoms with E-state index in [4.69, 9.17) is 30.1 Å². The number of allylic oxidation sites excluding steroid dienone is 4. The SMILES string of the molecule is CCc1c2[n-]c(c1C)/C=C1\[N-]C(=C(C)[C@H]1CC)/C=C1\[N-]C(C3=c4[n-]/c(c(C)c4[C@H](O)[C@@H]3C(=O)OC)=C\2)[C@@H](CCC(=O)OC/C=C(/C)CCC[C@@H](C)CCC[C@H](C)CC)[C@@H]1C.[Mg+2]. The van der Waals surface area contributed by atoms with Gasteiger partial charge in [0.15, 0.2) is 0 Å². The molecule has 6 rings (SSSR count). The molecule has 5 heterocycles. The molecule has 2 aromatic rings. The Balaban J connectivity index is 0.00000704. The van der Waals surface area contributed by atoms with E-state index in [0.29, 0.717) is 28.3 Å². The van der Waals surface area contributed by atoms with E-state index < -0.39 is 24.0 Å². The molecular formula is C51H70MgN4O5-2. The van der Waals surface area contributed by atoms with Crippen LogP contribution in [-0.2, 0) is 25.5 Å². The number of aliphatic hydroxyl groups is 1. The Kier molecular flexibility index (Phi) is 16.9. The zero-order chi connectivity index (χ0) is 43.4. The Labute approximate surface area is 381 Å². The maximum absolute atomic E-state index is 13.6. The number of carbonyl (C=O) groups is 2. The topological polar surface area (TPSA) is 129 Å². The van der Waals surface area contributed by atoms with Gasteiger partial charge in [-0.3, -0.25) is 9.59 Å². The van der Waals surface area contributed by atoms with Gasteiger partial charge in [-0.25, -0.2) is 0 Å². The van der Waals surface area contributed by atoms with Crippen LogP contribution in [0.25, 0.3) is 28.4 Å². The molecule has 4 aliphatic rings. The van der Waals surface area contributed by atoms with Gasteiger partial charge in [0.05, 0.1) is 13.2 Å². The summed E-state index contributed by atoms with van der Waals surface area (Å²) in [6.45, 7) is 22.1. The number of aliphatic hydroxyl groups excluding tert-OH is 1. The van der Waals surface area contributed by atoms with Crippen molar-refractivity contribution in [1.82, 2.24) is 9.97 Å². The Morgan fingerprint density at radius 3 is 2.33 bits per heavy atom. The summed E-state index contributed by atoms with van der Waals surface area (Å²) in [6, 6.07) is -0.523. The van der Waals surface area contributed by atoms with Gasteiger partial charge in [-0.05, 0) is 101 Å². The van der Waals surface area contributed by atoms with Crippen molar-refractivity contribution in [3.63, 3.8) is 0 Å². The number of nitrogens with zero attached hydrogens (tertiary/aromatic N) is 4. The normalized spacial score (nSPS) is 26.3. The third-order valence-corrected chi connectivity index (χ3v) is 14.3. The number of fused-ring (bicyclic) bond motifs is 8. The molecule has 9 nitrogen and oxygen atoms in total. The summed E-state index contributed by atoms with van der Waals surface area (Å²) < 4.78 is 11.1. The molecule has 1 fully saturated rings. The smallest absolute Gasteiger partial charge is 0.681 e. The number of hydrogen-bond donors (Lipinski definition) is 1. The van der Waals surface area contributed by atoms with Gasteiger partial charge in [0.1, 0.15) is 12.5 Å². The molecule has 1 unspecified atom stereocenters. The third-order valence-electron chi connectivity index (χ3n) is 14.3. The fourth-order valence-corrected chi connectivity index (χ4v) is 10.1. The molecule has 8 atom stereocenters. The molecule has 0 saturated carbocycles. The van der Waals surface area contributed by atoms with Crippen LogP contribution in [0.4, 0.5) is 0 Å². The largest absolute Gasteiger partial charge is 2.00 e. The van der Waals surface area contributed by atoms with Crippen molar-refractivity contribution in [1.29, 1.82) is 0 Å². The number of esters is 2. The number of aromatic nitrogens is 2. The first kappa shape index (κ1) is 48.6. The summed E-state index contributed by atoms with van der Waals surface area (Å²) in [6.07, 6.45) is 18.1. The van der Waals surface area contributed by atoms with E-state index >= 15 is 0 Å². The van der Waals surface area contributed by atoms with E-state index in [-0.39, 0.29) is 59.8 Å². The van der Waals surface area contributed by atoms with Crippen LogP contribution in [0.15, 0.2) is 40.4 Å².